The lowest BCUT2D eigenvalue weighted by atomic mass is 10.2. The van der Waals surface area contributed by atoms with Gasteiger partial charge in [0.2, 0.25) is 0 Å². The third kappa shape index (κ3) is 5.95. The minimum Gasteiger partial charge on any atom is -0.497 e. The van der Waals surface area contributed by atoms with Gasteiger partial charge >= 0.3 is 5.97 Å². The number of ether oxygens (including phenoxy) is 3. The SMILES string of the molecule is COc1ccc(Cn2ncc3cc(C(=O)OC(C)C(=O)Nc4ccc(-c5nc6ccc(C)cc6s5)cc4)cnc32)c(OC)c1. The summed E-state index contributed by atoms with van der Waals surface area (Å²) in [6, 6.07) is 20.8. The highest BCUT2D eigenvalue weighted by Gasteiger charge is 2.21. The number of fused-ring (bicyclic) bond motifs is 2. The van der Waals surface area contributed by atoms with Crippen LogP contribution in [0.4, 0.5) is 5.69 Å². The van der Waals surface area contributed by atoms with Gasteiger partial charge in [0.05, 0.1) is 42.7 Å². The first-order chi connectivity index (χ1) is 21.3. The Balaban J connectivity index is 1.08. The van der Waals surface area contributed by atoms with E-state index >= 15 is 0 Å². The summed E-state index contributed by atoms with van der Waals surface area (Å²) in [5, 5.41) is 8.80. The van der Waals surface area contributed by atoms with Crippen LogP contribution in [0, 0.1) is 6.92 Å². The number of esters is 1. The van der Waals surface area contributed by atoms with Crippen molar-refractivity contribution < 1.29 is 23.8 Å². The van der Waals surface area contributed by atoms with Crippen molar-refractivity contribution in [3.8, 4) is 22.1 Å². The molecule has 0 aliphatic rings. The fourth-order valence-electron chi connectivity index (χ4n) is 4.72. The van der Waals surface area contributed by atoms with Crippen LogP contribution in [0.2, 0.25) is 0 Å². The first-order valence-corrected chi connectivity index (χ1v) is 14.6. The second-order valence-corrected chi connectivity index (χ2v) is 11.3. The molecule has 1 unspecified atom stereocenters. The molecule has 3 heterocycles. The molecule has 0 radical (unpaired) electrons. The van der Waals surface area contributed by atoms with E-state index in [0.717, 1.165) is 26.4 Å². The van der Waals surface area contributed by atoms with Crippen molar-refractivity contribution in [3.63, 3.8) is 0 Å². The number of nitrogens with zero attached hydrogens (tertiary/aromatic N) is 4. The van der Waals surface area contributed by atoms with Crippen LogP contribution in [0.5, 0.6) is 11.5 Å². The zero-order chi connectivity index (χ0) is 30.8. The van der Waals surface area contributed by atoms with Crippen LogP contribution < -0.4 is 14.8 Å². The van der Waals surface area contributed by atoms with Gasteiger partial charge in [0.1, 0.15) is 16.5 Å². The molecule has 1 amide bonds. The maximum Gasteiger partial charge on any atom is 0.340 e. The summed E-state index contributed by atoms with van der Waals surface area (Å²) < 4.78 is 19.1. The van der Waals surface area contributed by atoms with Gasteiger partial charge in [0, 0.05) is 34.5 Å². The number of aromatic nitrogens is 4. The number of nitrogens with one attached hydrogen (secondary N) is 1. The number of hydrogen-bond donors (Lipinski definition) is 1. The molecule has 1 atom stereocenters. The molecule has 3 aromatic carbocycles. The summed E-state index contributed by atoms with van der Waals surface area (Å²) >= 11 is 1.62. The van der Waals surface area contributed by atoms with E-state index in [4.69, 9.17) is 19.2 Å². The quantitative estimate of drug-likeness (QED) is 0.191. The largest absolute Gasteiger partial charge is 0.497 e. The molecule has 0 saturated carbocycles. The average molecular weight is 608 g/mol. The van der Waals surface area contributed by atoms with E-state index in [9.17, 15) is 9.59 Å². The second kappa shape index (κ2) is 12.1. The number of rotatable bonds is 9. The van der Waals surface area contributed by atoms with Gasteiger partial charge in [0.15, 0.2) is 11.8 Å². The predicted octanol–water partition coefficient (Wildman–Crippen LogP) is 6.27. The smallest absolute Gasteiger partial charge is 0.340 e. The van der Waals surface area contributed by atoms with Crippen molar-refractivity contribution in [1.29, 1.82) is 0 Å². The number of methoxy groups -OCH3 is 2. The zero-order valence-electron chi connectivity index (χ0n) is 24.5. The molecule has 6 rings (SSSR count). The van der Waals surface area contributed by atoms with Crippen molar-refractivity contribution in [2.75, 3.05) is 19.5 Å². The maximum absolute atomic E-state index is 12.9. The van der Waals surface area contributed by atoms with Gasteiger partial charge < -0.3 is 19.5 Å². The summed E-state index contributed by atoms with van der Waals surface area (Å²) in [5.41, 5.74) is 5.39. The maximum atomic E-state index is 12.9. The lowest BCUT2D eigenvalue weighted by Gasteiger charge is -2.14. The molecule has 11 heteroatoms. The van der Waals surface area contributed by atoms with E-state index in [-0.39, 0.29) is 5.56 Å². The van der Waals surface area contributed by atoms with E-state index in [1.54, 1.807) is 60.7 Å². The fourth-order valence-corrected chi connectivity index (χ4v) is 5.79. The first kappa shape index (κ1) is 28.8. The number of benzene rings is 3. The van der Waals surface area contributed by atoms with Crippen molar-refractivity contribution in [2.45, 2.75) is 26.5 Å². The van der Waals surface area contributed by atoms with Crippen molar-refractivity contribution in [3.05, 3.63) is 95.8 Å². The third-order valence-corrected chi connectivity index (χ3v) is 8.19. The van der Waals surface area contributed by atoms with E-state index in [0.29, 0.717) is 34.8 Å². The van der Waals surface area contributed by atoms with E-state index in [1.165, 1.54) is 18.7 Å². The number of pyridine rings is 1. The molecule has 0 saturated heterocycles. The summed E-state index contributed by atoms with van der Waals surface area (Å²) in [6.07, 6.45) is 2.01. The number of carbonyl (C=O) groups is 2. The van der Waals surface area contributed by atoms with Gasteiger partial charge in [0.25, 0.3) is 5.91 Å². The summed E-state index contributed by atoms with van der Waals surface area (Å²) in [6.45, 7) is 3.99. The Kier molecular flexibility index (Phi) is 7.95. The highest BCUT2D eigenvalue weighted by Crippen LogP contribution is 2.31. The highest BCUT2D eigenvalue weighted by molar-refractivity contribution is 7.21. The molecular weight excluding hydrogens is 578 g/mol. The van der Waals surface area contributed by atoms with Crippen molar-refractivity contribution in [2.24, 2.45) is 0 Å². The summed E-state index contributed by atoms with van der Waals surface area (Å²) in [4.78, 5) is 34.9. The Hall–Kier alpha value is -5.29. The van der Waals surface area contributed by atoms with E-state index in [2.05, 4.69) is 28.4 Å². The van der Waals surface area contributed by atoms with Crippen LogP contribution in [0.1, 0.15) is 28.4 Å². The molecule has 6 aromatic rings. The fraction of sp³-hybridized carbons (Fsp3) is 0.182. The molecule has 0 aliphatic heterocycles. The summed E-state index contributed by atoms with van der Waals surface area (Å²) in [7, 11) is 3.19. The molecule has 222 valence electrons. The van der Waals surface area contributed by atoms with E-state index < -0.39 is 18.0 Å². The molecular formula is C33H29N5O5S. The molecule has 0 bridgehead atoms. The topological polar surface area (TPSA) is 117 Å². The van der Waals surface area contributed by atoms with Crippen LogP contribution in [0.25, 0.3) is 31.8 Å². The van der Waals surface area contributed by atoms with Crippen molar-refractivity contribution >= 4 is 50.2 Å². The Morgan fingerprint density at radius 3 is 2.57 bits per heavy atom. The van der Waals surface area contributed by atoms with Gasteiger partial charge in [-0.2, -0.15) is 5.10 Å². The zero-order valence-corrected chi connectivity index (χ0v) is 25.3. The monoisotopic (exact) mass is 607 g/mol. The van der Waals surface area contributed by atoms with Crippen LogP contribution in [0.3, 0.4) is 0 Å². The number of anilines is 1. The molecule has 0 fully saturated rings. The lowest BCUT2D eigenvalue weighted by Crippen LogP contribution is -2.30. The summed E-state index contributed by atoms with van der Waals surface area (Å²) in [5.74, 6) is 0.248. The Morgan fingerprint density at radius 2 is 1.80 bits per heavy atom. The minimum absolute atomic E-state index is 0.217. The van der Waals surface area contributed by atoms with Crippen LogP contribution >= 0.6 is 11.3 Å². The van der Waals surface area contributed by atoms with Gasteiger partial charge in [-0.1, -0.05) is 6.07 Å². The van der Waals surface area contributed by atoms with Gasteiger partial charge in [-0.3, -0.25) is 4.79 Å². The van der Waals surface area contributed by atoms with Crippen molar-refractivity contribution in [1.82, 2.24) is 19.7 Å². The van der Waals surface area contributed by atoms with Crippen LogP contribution in [0.15, 0.2) is 79.1 Å². The van der Waals surface area contributed by atoms with Gasteiger partial charge in [-0.25, -0.2) is 19.4 Å². The predicted molar refractivity (Wildman–Crippen MR) is 169 cm³/mol. The lowest BCUT2D eigenvalue weighted by molar-refractivity contribution is -0.123. The second-order valence-electron chi connectivity index (χ2n) is 10.2. The standard InChI is InChI=1S/C33H29N5O5S/c1-19-5-12-27-29(13-19)44-32(37-27)21-6-9-25(10-7-21)36-31(39)20(2)43-33(40)24-14-23-17-35-38(30(23)34-16-24)18-22-8-11-26(41-3)15-28(22)42-4/h5-17,20H,18H2,1-4H3,(H,36,39). The van der Waals surface area contributed by atoms with Gasteiger partial charge in [-0.05, 0) is 74.0 Å². The number of carbonyl (C=O) groups excluding carboxylic acids is 2. The number of amides is 1. The molecule has 3 aromatic heterocycles. The molecule has 44 heavy (non-hydrogen) atoms. The van der Waals surface area contributed by atoms with Gasteiger partial charge in [-0.15, -0.1) is 11.3 Å². The first-order valence-electron chi connectivity index (χ1n) is 13.8. The molecule has 0 aliphatic carbocycles. The third-order valence-electron chi connectivity index (χ3n) is 7.12. The van der Waals surface area contributed by atoms with Crippen LogP contribution in [-0.2, 0) is 16.1 Å². The Morgan fingerprint density at radius 1 is 0.977 bits per heavy atom. The molecule has 10 nitrogen and oxygen atoms in total. The normalized spacial score (nSPS) is 11.8. The van der Waals surface area contributed by atoms with Crippen LogP contribution in [-0.4, -0.2) is 51.9 Å². The molecule has 0 spiro atoms. The number of aryl methyl sites for hydroxylation is 1. The minimum atomic E-state index is -1.03. The average Bonchev–Trinajstić information content (AvgIpc) is 3.65. The Bertz CT molecular complexity index is 2000. The van der Waals surface area contributed by atoms with E-state index in [1.807, 2.05) is 36.4 Å². The highest BCUT2D eigenvalue weighted by atomic mass is 32.1. The number of hydrogen-bond acceptors (Lipinski definition) is 9. The number of thiazole rings is 1. The molecule has 1 N–H and O–H groups in total. The Labute approximate surface area is 257 Å².